The van der Waals surface area contributed by atoms with Gasteiger partial charge in [0.15, 0.2) is 0 Å². The summed E-state index contributed by atoms with van der Waals surface area (Å²) in [6.45, 7) is 7.74. The Balaban J connectivity index is 1.77. The number of fused-ring (bicyclic) bond motifs is 1. The van der Waals surface area contributed by atoms with Crippen molar-refractivity contribution in [2.75, 3.05) is 25.0 Å². The first-order valence-electron chi connectivity index (χ1n) is 7.31. The van der Waals surface area contributed by atoms with Crippen molar-refractivity contribution in [3.05, 3.63) is 11.9 Å². The van der Waals surface area contributed by atoms with Gasteiger partial charge < -0.3 is 14.8 Å². The highest BCUT2D eigenvalue weighted by Gasteiger charge is 2.33. The molecule has 2 aliphatic heterocycles. The van der Waals surface area contributed by atoms with E-state index in [2.05, 4.69) is 39.8 Å². The molecule has 0 radical (unpaired) electrons. The van der Waals surface area contributed by atoms with E-state index in [1.165, 1.54) is 38.8 Å². The van der Waals surface area contributed by atoms with Crippen molar-refractivity contribution in [2.24, 2.45) is 0 Å². The van der Waals surface area contributed by atoms with Crippen LogP contribution in [0.3, 0.4) is 0 Å². The Morgan fingerprint density at radius 1 is 1.33 bits per heavy atom. The van der Waals surface area contributed by atoms with E-state index in [9.17, 15) is 0 Å². The third kappa shape index (κ3) is 2.14. The molecule has 3 heterocycles. The molecule has 0 aliphatic carbocycles. The van der Waals surface area contributed by atoms with Crippen molar-refractivity contribution < 1.29 is 0 Å². The zero-order valence-corrected chi connectivity index (χ0v) is 11.5. The first-order valence-corrected chi connectivity index (χ1v) is 7.31. The van der Waals surface area contributed by atoms with Gasteiger partial charge in [0, 0.05) is 31.4 Å². The number of piperidine rings is 1. The highest BCUT2D eigenvalue weighted by Crippen LogP contribution is 2.34. The number of hydrogen-bond acceptors (Lipinski definition) is 3. The fourth-order valence-corrected chi connectivity index (χ4v) is 3.54. The number of imidazole rings is 1. The lowest BCUT2D eigenvalue weighted by Crippen LogP contribution is -2.38. The Morgan fingerprint density at radius 3 is 3.06 bits per heavy atom. The summed E-state index contributed by atoms with van der Waals surface area (Å²) in [4.78, 5) is 7.27. The smallest absolute Gasteiger partial charge is 0.203 e. The van der Waals surface area contributed by atoms with Gasteiger partial charge in [-0.15, -0.1) is 0 Å². The molecule has 0 saturated carbocycles. The third-order valence-corrected chi connectivity index (χ3v) is 4.37. The van der Waals surface area contributed by atoms with Crippen LogP contribution in [0.1, 0.15) is 44.3 Å². The normalized spacial score (nSPS) is 28.3. The summed E-state index contributed by atoms with van der Waals surface area (Å²) >= 11 is 0. The molecule has 4 heteroatoms. The fraction of sp³-hybridized carbons (Fsp3) is 0.786. The zero-order valence-electron chi connectivity index (χ0n) is 11.5. The van der Waals surface area contributed by atoms with Gasteiger partial charge in [-0.2, -0.15) is 0 Å². The van der Waals surface area contributed by atoms with Gasteiger partial charge >= 0.3 is 0 Å². The number of hydrogen-bond donors (Lipinski definition) is 1. The second-order valence-electron chi connectivity index (χ2n) is 5.65. The van der Waals surface area contributed by atoms with Gasteiger partial charge in [-0.25, -0.2) is 4.98 Å². The predicted octanol–water partition coefficient (Wildman–Crippen LogP) is 2.42. The van der Waals surface area contributed by atoms with Gasteiger partial charge in [0.1, 0.15) is 0 Å². The fourth-order valence-electron chi connectivity index (χ4n) is 3.54. The minimum Gasteiger partial charge on any atom is -0.356 e. The summed E-state index contributed by atoms with van der Waals surface area (Å²) in [6.07, 6.45) is 7.56. The molecular weight excluding hydrogens is 224 g/mol. The minimum absolute atomic E-state index is 0.639. The van der Waals surface area contributed by atoms with Crippen molar-refractivity contribution in [2.45, 2.75) is 51.6 Å². The Kier molecular flexibility index (Phi) is 3.29. The van der Waals surface area contributed by atoms with Crippen LogP contribution >= 0.6 is 0 Å². The molecule has 0 aromatic carbocycles. The number of nitrogens with zero attached hydrogens (tertiary/aromatic N) is 3. The van der Waals surface area contributed by atoms with E-state index < -0.39 is 0 Å². The van der Waals surface area contributed by atoms with E-state index in [1.54, 1.807) is 0 Å². The minimum atomic E-state index is 0.639. The molecule has 0 bridgehead atoms. The van der Waals surface area contributed by atoms with E-state index in [0.717, 1.165) is 24.2 Å². The molecule has 1 aromatic rings. The van der Waals surface area contributed by atoms with Gasteiger partial charge in [0.05, 0.1) is 5.69 Å². The maximum absolute atomic E-state index is 4.60. The SMILES string of the molecule is CCNc1nc(C)cn1C1CCN2CCCC2C1. The van der Waals surface area contributed by atoms with E-state index >= 15 is 0 Å². The van der Waals surface area contributed by atoms with Crippen LogP contribution in [0.4, 0.5) is 5.95 Å². The molecule has 2 fully saturated rings. The van der Waals surface area contributed by atoms with Crippen LogP contribution in [0.5, 0.6) is 0 Å². The van der Waals surface area contributed by atoms with Crippen LogP contribution in [0.25, 0.3) is 0 Å². The predicted molar refractivity (Wildman–Crippen MR) is 74.0 cm³/mol. The molecule has 4 nitrogen and oxygen atoms in total. The molecule has 2 unspecified atom stereocenters. The van der Waals surface area contributed by atoms with Crippen molar-refractivity contribution >= 4 is 5.95 Å². The summed E-state index contributed by atoms with van der Waals surface area (Å²) in [6, 6.07) is 1.46. The summed E-state index contributed by atoms with van der Waals surface area (Å²) < 4.78 is 2.38. The first kappa shape index (κ1) is 12.0. The largest absolute Gasteiger partial charge is 0.356 e. The Morgan fingerprint density at radius 2 is 2.22 bits per heavy atom. The Hall–Kier alpha value is -1.03. The van der Waals surface area contributed by atoms with Crippen molar-refractivity contribution in [1.29, 1.82) is 0 Å². The number of aryl methyl sites for hydroxylation is 1. The van der Waals surface area contributed by atoms with Gasteiger partial charge in [-0.3, -0.25) is 0 Å². The average Bonchev–Trinajstić information content (AvgIpc) is 2.95. The van der Waals surface area contributed by atoms with Gasteiger partial charge in [0.2, 0.25) is 5.95 Å². The van der Waals surface area contributed by atoms with Gasteiger partial charge in [-0.1, -0.05) is 0 Å². The summed E-state index contributed by atoms with van der Waals surface area (Å²) in [5.74, 6) is 1.06. The Bertz CT molecular complexity index is 412. The molecule has 2 saturated heterocycles. The van der Waals surface area contributed by atoms with Crippen LogP contribution in [-0.4, -0.2) is 40.1 Å². The molecule has 18 heavy (non-hydrogen) atoms. The van der Waals surface area contributed by atoms with E-state index in [0.29, 0.717) is 6.04 Å². The van der Waals surface area contributed by atoms with Crippen molar-refractivity contribution in [1.82, 2.24) is 14.5 Å². The van der Waals surface area contributed by atoms with Gasteiger partial charge in [0.25, 0.3) is 0 Å². The lowest BCUT2D eigenvalue weighted by atomic mass is 9.97. The van der Waals surface area contributed by atoms with E-state index in [4.69, 9.17) is 0 Å². The van der Waals surface area contributed by atoms with Gasteiger partial charge in [-0.05, 0) is 46.1 Å². The average molecular weight is 248 g/mol. The lowest BCUT2D eigenvalue weighted by molar-refractivity contribution is 0.156. The molecule has 2 atom stereocenters. The first-order chi connectivity index (χ1) is 8.78. The molecular formula is C14H24N4. The molecule has 3 rings (SSSR count). The van der Waals surface area contributed by atoms with Crippen molar-refractivity contribution in [3.8, 4) is 0 Å². The lowest BCUT2D eigenvalue weighted by Gasteiger charge is -2.35. The summed E-state index contributed by atoms with van der Waals surface area (Å²) in [7, 11) is 0. The Labute approximate surface area is 109 Å². The zero-order chi connectivity index (χ0) is 12.5. The van der Waals surface area contributed by atoms with E-state index in [-0.39, 0.29) is 0 Å². The summed E-state index contributed by atoms with van der Waals surface area (Å²) in [5, 5.41) is 3.39. The topological polar surface area (TPSA) is 33.1 Å². The maximum Gasteiger partial charge on any atom is 0.203 e. The molecule has 100 valence electrons. The molecule has 1 N–H and O–H groups in total. The molecule has 1 aromatic heterocycles. The van der Waals surface area contributed by atoms with Crippen LogP contribution in [0.15, 0.2) is 6.20 Å². The molecule has 2 aliphatic rings. The highest BCUT2D eigenvalue weighted by molar-refractivity contribution is 5.29. The van der Waals surface area contributed by atoms with E-state index in [1.807, 2.05) is 0 Å². The van der Waals surface area contributed by atoms with Crippen LogP contribution in [0, 0.1) is 6.92 Å². The number of nitrogens with one attached hydrogen (secondary N) is 1. The molecule has 0 spiro atoms. The van der Waals surface area contributed by atoms with Crippen molar-refractivity contribution in [3.63, 3.8) is 0 Å². The maximum atomic E-state index is 4.60. The molecule has 0 amide bonds. The number of aromatic nitrogens is 2. The quantitative estimate of drug-likeness (QED) is 0.892. The van der Waals surface area contributed by atoms with Crippen LogP contribution in [-0.2, 0) is 0 Å². The monoisotopic (exact) mass is 248 g/mol. The number of anilines is 1. The van der Waals surface area contributed by atoms with Crippen LogP contribution < -0.4 is 5.32 Å². The summed E-state index contributed by atoms with van der Waals surface area (Å²) in [5.41, 5.74) is 1.12. The standard InChI is InChI=1S/C14H24N4/c1-3-15-14-16-11(2)10-18(14)13-6-8-17-7-4-5-12(17)9-13/h10,12-13H,3-9H2,1-2H3,(H,15,16). The third-order valence-electron chi connectivity index (χ3n) is 4.37. The highest BCUT2D eigenvalue weighted by atomic mass is 15.2. The number of rotatable bonds is 3. The second-order valence-corrected chi connectivity index (χ2v) is 5.65. The second kappa shape index (κ2) is 4.92. The van der Waals surface area contributed by atoms with Crippen LogP contribution in [0.2, 0.25) is 0 Å².